The van der Waals surface area contributed by atoms with Crippen LogP contribution in [0.3, 0.4) is 0 Å². The van der Waals surface area contributed by atoms with E-state index in [0.29, 0.717) is 29.3 Å². The van der Waals surface area contributed by atoms with Crippen molar-refractivity contribution in [2.45, 2.75) is 19.9 Å². The first kappa shape index (κ1) is 17.6. The summed E-state index contributed by atoms with van der Waals surface area (Å²) in [4.78, 5) is 16.6. The molecule has 26 heavy (non-hydrogen) atoms. The lowest BCUT2D eigenvalue weighted by Gasteiger charge is -2.10. The first-order valence-electron chi connectivity index (χ1n) is 8.20. The van der Waals surface area contributed by atoms with E-state index < -0.39 is 6.04 Å². The fourth-order valence-electron chi connectivity index (χ4n) is 2.34. The zero-order valence-corrected chi connectivity index (χ0v) is 14.4. The Morgan fingerprint density at radius 3 is 2.54 bits per heavy atom. The summed E-state index contributed by atoms with van der Waals surface area (Å²) in [5, 5.41) is 6.67. The van der Waals surface area contributed by atoms with Gasteiger partial charge in [-0.1, -0.05) is 5.16 Å². The molecule has 0 unspecified atom stereocenters. The van der Waals surface area contributed by atoms with Crippen molar-refractivity contribution >= 4 is 5.91 Å². The minimum Gasteiger partial charge on any atom is -0.494 e. The zero-order valence-electron chi connectivity index (χ0n) is 14.4. The molecule has 1 amide bonds. The maximum Gasteiger partial charge on any atom is 0.251 e. The summed E-state index contributed by atoms with van der Waals surface area (Å²) in [5.74, 6) is 0.708. The minimum atomic E-state index is -0.476. The molecule has 2 aromatic carbocycles. The molecule has 3 aromatic rings. The molecular formula is C19H18FN3O3. The van der Waals surface area contributed by atoms with Crippen molar-refractivity contribution in [3.05, 3.63) is 65.8 Å². The standard InChI is InChI=1S/C19H18FN3O3/c1-3-25-16-10-6-14(7-11-16)18(24)21-12(2)19-22-17(23-26-19)13-4-8-15(20)9-5-13/h4-12H,3H2,1-2H3,(H,21,24)/t12-/m0/s1. The van der Waals surface area contributed by atoms with E-state index in [0.717, 1.165) is 0 Å². The fraction of sp³-hybridized carbons (Fsp3) is 0.211. The number of amides is 1. The highest BCUT2D eigenvalue weighted by Crippen LogP contribution is 2.19. The second kappa shape index (κ2) is 7.77. The van der Waals surface area contributed by atoms with Crippen molar-refractivity contribution in [1.29, 1.82) is 0 Å². The molecule has 0 bridgehead atoms. The van der Waals surface area contributed by atoms with Gasteiger partial charge in [0.15, 0.2) is 0 Å². The Hall–Kier alpha value is -3.22. The number of aromatic nitrogens is 2. The van der Waals surface area contributed by atoms with Crippen molar-refractivity contribution in [3.8, 4) is 17.1 Å². The Kier molecular flexibility index (Phi) is 5.26. The average Bonchev–Trinajstić information content (AvgIpc) is 3.13. The number of ether oxygens (including phenoxy) is 1. The number of carbonyl (C=O) groups is 1. The van der Waals surface area contributed by atoms with Crippen LogP contribution in [-0.2, 0) is 0 Å². The molecule has 1 heterocycles. The zero-order chi connectivity index (χ0) is 18.5. The molecule has 0 aliphatic heterocycles. The molecule has 0 radical (unpaired) electrons. The molecule has 1 aromatic heterocycles. The Balaban J connectivity index is 1.67. The number of hydrogen-bond donors (Lipinski definition) is 1. The van der Waals surface area contributed by atoms with Crippen molar-refractivity contribution in [2.75, 3.05) is 6.61 Å². The van der Waals surface area contributed by atoms with Crippen LogP contribution in [0.4, 0.5) is 4.39 Å². The number of nitrogens with zero attached hydrogens (tertiary/aromatic N) is 2. The van der Waals surface area contributed by atoms with Gasteiger partial charge in [0.05, 0.1) is 6.61 Å². The monoisotopic (exact) mass is 355 g/mol. The summed E-state index contributed by atoms with van der Waals surface area (Å²) in [7, 11) is 0. The number of nitrogens with one attached hydrogen (secondary N) is 1. The van der Waals surface area contributed by atoms with Crippen LogP contribution in [0.2, 0.25) is 0 Å². The van der Waals surface area contributed by atoms with Crippen LogP contribution in [0.25, 0.3) is 11.4 Å². The number of carbonyl (C=O) groups excluding carboxylic acids is 1. The van der Waals surface area contributed by atoms with Crippen molar-refractivity contribution in [3.63, 3.8) is 0 Å². The molecule has 7 heteroatoms. The minimum absolute atomic E-state index is 0.262. The molecule has 0 fully saturated rings. The van der Waals surface area contributed by atoms with Gasteiger partial charge in [-0.05, 0) is 62.4 Å². The lowest BCUT2D eigenvalue weighted by Crippen LogP contribution is -2.26. The first-order chi connectivity index (χ1) is 12.6. The van der Waals surface area contributed by atoms with E-state index in [-0.39, 0.29) is 17.6 Å². The van der Waals surface area contributed by atoms with Gasteiger partial charge in [0, 0.05) is 11.1 Å². The molecule has 0 aliphatic carbocycles. The largest absolute Gasteiger partial charge is 0.494 e. The van der Waals surface area contributed by atoms with Gasteiger partial charge in [-0.2, -0.15) is 4.98 Å². The molecule has 0 saturated heterocycles. The summed E-state index contributed by atoms with van der Waals surface area (Å²) in [6.45, 7) is 4.21. The smallest absolute Gasteiger partial charge is 0.251 e. The highest BCUT2D eigenvalue weighted by molar-refractivity contribution is 5.94. The highest BCUT2D eigenvalue weighted by atomic mass is 19.1. The van der Waals surface area contributed by atoms with Crippen LogP contribution < -0.4 is 10.1 Å². The summed E-state index contributed by atoms with van der Waals surface area (Å²) in [6, 6.07) is 12.1. The van der Waals surface area contributed by atoms with Crippen LogP contribution in [-0.4, -0.2) is 22.7 Å². The van der Waals surface area contributed by atoms with Crippen molar-refractivity contribution in [1.82, 2.24) is 15.5 Å². The highest BCUT2D eigenvalue weighted by Gasteiger charge is 2.18. The lowest BCUT2D eigenvalue weighted by molar-refractivity contribution is 0.0932. The molecule has 1 atom stereocenters. The summed E-state index contributed by atoms with van der Waals surface area (Å²) >= 11 is 0. The van der Waals surface area contributed by atoms with E-state index in [9.17, 15) is 9.18 Å². The Morgan fingerprint density at radius 2 is 1.88 bits per heavy atom. The molecule has 0 saturated carbocycles. The Morgan fingerprint density at radius 1 is 1.19 bits per heavy atom. The molecule has 6 nitrogen and oxygen atoms in total. The number of hydrogen-bond acceptors (Lipinski definition) is 5. The van der Waals surface area contributed by atoms with E-state index in [2.05, 4.69) is 15.5 Å². The lowest BCUT2D eigenvalue weighted by atomic mass is 10.2. The van der Waals surface area contributed by atoms with Gasteiger partial charge in [0.25, 0.3) is 5.91 Å². The molecule has 1 N–H and O–H groups in total. The van der Waals surface area contributed by atoms with Crippen LogP contribution in [0.1, 0.15) is 36.1 Å². The van der Waals surface area contributed by atoms with Crippen LogP contribution >= 0.6 is 0 Å². The van der Waals surface area contributed by atoms with Gasteiger partial charge in [-0.3, -0.25) is 4.79 Å². The third-order valence-corrected chi connectivity index (χ3v) is 3.69. The van der Waals surface area contributed by atoms with E-state index in [1.54, 1.807) is 43.3 Å². The predicted molar refractivity (Wildman–Crippen MR) is 93.2 cm³/mol. The van der Waals surface area contributed by atoms with Crippen LogP contribution in [0.15, 0.2) is 53.1 Å². The van der Waals surface area contributed by atoms with Gasteiger partial charge in [-0.25, -0.2) is 4.39 Å². The van der Waals surface area contributed by atoms with Crippen LogP contribution in [0, 0.1) is 5.82 Å². The maximum atomic E-state index is 13.0. The quantitative estimate of drug-likeness (QED) is 0.728. The number of rotatable bonds is 6. The van der Waals surface area contributed by atoms with Crippen LogP contribution in [0.5, 0.6) is 5.75 Å². The van der Waals surface area contributed by atoms with Gasteiger partial charge >= 0.3 is 0 Å². The van der Waals surface area contributed by atoms with E-state index in [1.165, 1.54) is 12.1 Å². The summed E-state index contributed by atoms with van der Waals surface area (Å²) in [5.41, 5.74) is 1.13. The van der Waals surface area contributed by atoms with E-state index in [4.69, 9.17) is 9.26 Å². The summed E-state index contributed by atoms with van der Waals surface area (Å²) < 4.78 is 23.6. The third kappa shape index (κ3) is 4.05. The third-order valence-electron chi connectivity index (χ3n) is 3.69. The second-order valence-electron chi connectivity index (χ2n) is 5.62. The Labute approximate surface area is 150 Å². The molecular weight excluding hydrogens is 337 g/mol. The van der Waals surface area contributed by atoms with Gasteiger partial charge < -0.3 is 14.6 Å². The van der Waals surface area contributed by atoms with Crippen molar-refractivity contribution < 1.29 is 18.4 Å². The predicted octanol–water partition coefficient (Wildman–Crippen LogP) is 3.77. The van der Waals surface area contributed by atoms with Crippen molar-refractivity contribution in [2.24, 2.45) is 0 Å². The van der Waals surface area contributed by atoms with Gasteiger partial charge in [-0.15, -0.1) is 0 Å². The maximum absolute atomic E-state index is 13.0. The molecule has 134 valence electrons. The average molecular weight is 355 g/mol. The van der Waals surface area contributed by atoms with Gasteiger partial charge in [0.1, 0.15) is 17.6 Å². The Bertz CT molecular complexity index is 876. The molecule has 3 rings (SSSR count). The first-order valence-corrected chi connectivity index (χ1v) is 8.20. The normalized spacial score (nSPS) is 11.8. The molecule has 0 spiro atoms. The topological polar surface area (TPSA) is 77.2 Å². The summed E-state index contributed by atoms with van der Waals surface area (Å²) in [6.07, 6.45) is 0. The molecule has 0 aliphatic rings. The fourth-order valence-corrected chi connectivity index (χ4v) is 2.34. The van der Waals surface area contributed by atoms with Gasteiger partial charge in [0.2, 0.25) is 11.7 Å². The number of halogens is 1. The van der Waals surface area contributed by atoms with E-state index >= 15 is 0 Å². The SMILES string of the molecule is CCOc1ccc(C(=O)N[C@@H](C)c2nc(-c3ccc(F)cc3)no2)cc1. The second-order valence-corrected chi connectivity index (χ2v) is 5.62. The number of benzene rings is 2. The van der Waals surface area contributed by atoms with E-state index in [1.807, 2.05) is 6.92 Å².